The molecule has 1 fully saturated rings. The Kier molecular flexibility index (Phi) is 9.85. The number of hydrogen-bond acceptors (Lipinski definition) is 3. The van der Waals surface area contributed by atoms with E-state index < -0.39 is 0 Å². The fraction of sp³-hybridized carbons (Fsp3) is 0.457. The molecule has 0 aliphatic heterocycles. The van der Waals surface area contributed by atoms with E-state index in [9.17, 15) is 4.79 Å². The molecule has 1 aliphatic rings. The molecule has 0 saturated heterocycles. The summed E-state index contributed by atoms with van der Waals surface area (Å²) < 4.78 is 12.8. The Morgan fingerprint density at radius 1 is 0.897 bits per heavy atom. The van der Waals surface area contributed by atoms with Crippen LogP contribution in [-0.4, -0.2) is 24.7 Å². The molecule has 0 radical (unpaired) electrons. The Balaban J connectivity index is 1.35. The van der Waals surface area contributed by atoms with Crippen molar-refractivity contribution < 1.29 is 14.3 Å². The number of nitrogens with one attached hydrogen (secondary N) is 1. The fourth-order valence-electron chi connectivity index (χ4n) is 5.27. The maximum absolute atomic E-state index is 11.4. The van der Waals surface area contributed by atoms with Crippen LogP contribution in [0.25, 0.3) is 11.1 Å². The van der Waals surface area contributed by atoms with Gasteiger partial charge in [-0.2, -0.15) is 0 Å². The molecule has 0 atom stereocenters. The SMILES string of the molecule is CCc1cccc(-c2cc(OC3CCC(OCc4ccc(C(C)(C)C)cc4)CC3)ccc2CCNC(C)=O)c1. The van der Waals surface area contributed by atoms with Gasteiger partial charge in [0.05, 0.1) is 18.8 Å². The highest BCUT2D eigenvalue weighted by molar-refractivity contribution is 5.73. The average Bonchev–Trinajstić information content (AvgIpc) is 2.93. The van der Waals surface area contributed by atoms with E-state index >= 15 is 0 Å². The summed E-state index contributed by atoms with van der Waals surface area (Å²) in [6, 6.07) is 24.0. The Bertz CT molecular complexity index is 1220. The third kappa shape index (κ3) is 8.44. The minimum Gasteiger partial charge on any atom is -0.490 e. The van der Waals surface area contributed by atoms with Crippen LogP contribution in [0.2, 0.25) is 0 Å². The van der Waals surface area contributed by atoms with Crippen molar-refractivity contribution in [2.75, 3.05) is 6.54 Å². The summed E-state index contributed by atoms with van der Waals surface area (Å²) in [5.41, 5.74) is 7.68. The monoisotopic (exact) mass is 527 g/mol. The van der Waals surface area contributed by atoms with Gasteiger partial charge in [0.15, 0.2) is 0 Å². The topological polar surface area (TPSA) is 47.6 Å². The van der Waals surface area contributed by atoms with Gasteiger partial charge in [-0.15, -0.1) is 0 Å². The molecule has 3 aromatic rings. The molecular formula is C35H45NO3. The van der Waals surface area contributed by atoms with Gasteiger partial charge in [0.1, 0.15) is 5.75 Å². The summed E-state index contributed by atoms with van der Waals surface area (Å²) >= 11 is 0. The van der Waals surface area contributed by atoms with Crippen molar-refractivity contribution in [1.82, 2.24) is 5.32 Å². The van der Waals surface area contributed by atoms with E-state index in [2.05, 4.69) is 99.7 Å². The van der Waals surface area contributed by atoms with Crippen LogP contribution >= 0.6 is 0 Å². The zero-order valence-corrected chi connectivity index (χ0v) is 24.4. The van der Waals surface area contributed by atoms with Gasteiger partial charge in [-0.25, -0.2) is 0 Å². The van der Waals surface area contributed by atoms with Crippen LogP contribution in [0.4, 0.5) is 0 Å². The van der Waals surface area contributed by atoms with Gasteiger partial charge in [0.2, 0.25) is 5.91 Å². The van der Waals surface area contributed by atoms with Crippen molar-refractivity contribution in [1.29, 1.82) is 0 Å². The standard InChI is InChI=1S/C35H45NO3/c1-6-26-8-7-9-29(22-26)34-23-33(15-12-28(34)20-21-36-25(2)37)39-32-18-16-31(17-19-32)38-24-27-10-13-30(14-11-27)35(3,4)5/h7-15,22-23,31-32H,6,16-21,24H2,1-5H3,(H,36,37). The smallest absolute Gasteiger partial charge is 0.216 e. The molecule has 39 heavy (non-hydrogen) atoms. The lowest BCUT2D eigenvalue weighted by atomic mass is 9.87. The zero-order chi connectivity index (χ0) is 27.8. The van der Waals surface area contributed by atoms with Crippen molar-refractivity contribution in [2.45, 2.75) is 97.4 Å². The van der Waals surface area contributed by atoms with Gasteiger partial charge < -0.3 is 14.8 Å². The molecule has 4 heteroatoms. The summed E-state index contributed by atoms with van der Waals surface area (Å²) in [5, 5.41) is 2.93. The van der Waals surface area contributed by atoms with Gasteiger partial charge in [0, 0.05) is 13.5 Å². The predicted octanol–water partition coefficient (Wildman–Crippen LogP) is 7.80. The molecule has 0 unspecified atom stereocenters. The number of amides is 1. The first kappa shape index (κ1) is 28.9. The first-order chi connectivity index (χ1) is 18.7. The maximum Gasteiger partial charge on any atom is 0.216 e. The quantitative estimate of drug-likeness (QED) is 0.293. The van der Waals surface area contributed by atoms with Crippen LogP contribution in [0, 0.1) is 0 Å². The number of hydrogen-bond donors (Lipinski definition) is 1. The van der Waals surface area contributed by atoms with Crippen molar-refractivity contribution >= 4 is 5.91 Å². The normalized spacial score (nSPS) is 17.6. The summed E-state index contributed by atoms with van der Waals surface area (Å²) in [6.07, 6.45) is 6.31. The first-order valence-electron chi connectivity index (χ1n) is 14.6. The molecule has 0 spiro atoms. The molecule has 4 nitrogen and oxygen atoms in total. The number of carbonyl (C=O) groups excluding carboxylic acids is 1. The van der Waals surface area contributed by atoms with Crippen molar-refractivity contribution in [3.05, 3.63) is 89.0 Å². The van der Waals surface area contributed by atoms with Gasteiger partial charge in [-0.1, -0.05) is 82.3 Å². The highest BCUT2D eigenvalue weighted by Gasteiger charge is 2.23. The molecule has 1 N–H and O–H groups in total. The van der Waals surface area contributed by atoms with E-state index in [0.717, 1.165) is 44.3 Å². The second-order valence-electron chi connectivity index (χ2n) is 11.9. The fourth-order valence-corrected chi connectivity index (χ4v) is 5.27. The third-order valence-electron chi connectivity index (χ3n) is 7.73. The Morgan fingerprint density at radius 2 is 1.62 bits per heavy atom. The lowest BCUT2D eigenvalue weighted by Gasteiger charge is -2.29. The lowest BCUT2D eigenvalue weighted by Crippen LogP contribution is -2.28. The number of benzene rings is 3. The number of carbonyl (C=O) groups is 1. The minimum absolute atomic E-state index is 0.00232. The Hall–Kier alpha value is -3.11. The molecule has 1 amide bonds. The molecule has 4 rings (SSSR count). The van der Waals surface area contributed by atoms with E-state index in [0.29, 0.717) is 13.2 Å². The Morgan fingerprint density at radius 3 is 2.28 bits per heavy atom. The molecule has 0 aromatic heterocycles. The second kappa shape index (κ2) is 13.3. The molecule has 1 aliphatic carbocycles. The number of aryl methyl sites for hydroxylation is 1. The molecule has 1 saturated carbocycles. The summed E-state index contributed by atoms with van der Waals surface area (Å²) in [6.45, 7) is 11.8. The maximum atomic E-state index is 11.4. The summed E-state index contributed by atoms with van der Waals surface area (Å²) in [4.78, 5) is 11.4. The van der Waals surface area contributed by atoms with Crippen LogP contribution in [-0.2, 0) is 34.4 Å². The second-order valence-corrected chi connectivity index (χ2v) is 11.9. The van der Waals surface area contributed by atoms with E-state index in [-0.39, 0.29) is 23.5 Å². The highest BCUT2D eigenvalue weighted by Crippen LogP contribution is 2.32. The van der Waals surface area contributed by atoms with Crippen molar-refractivity contribution in [3.63, 3.8) is 0 Å². The van der Waals surface area contributed by atoms with Gasteiger partial charge in [-0.3, -0.25) is 4.79 Å². The van der Waals surface area contributed by atoms with E-state index in [1.807, 2.05) is 0 Å². The van der Waals surface area contributed by atoms with Crippen LogP contribution in [0.3, 0.4) is 0 Å². The average molecular weight is 528 g/mol. The molecule has 0 heterocycles. The van der Waals surface area contributed by atoms with Crippen LogP contribution in [0.15, 0.2) is 66.7 Å². The summed E-state index contributed by atoms with van der Waals surface area (Å²) in [5.74, 6) is 0.918. The van der Waals surface area contributed by atoms with Gasteiger partial charge >= 0.3 is 0 Å². The van der Waals surface area contributed by atoms with E-state index in [1.165, 1.54) is 33.4 Å². The van der Waals surface area contributed by atoms with E-state index in [1.54, 1.807) is 6.92 Å². The molecular weight excluding hydrogens is 482 g/mol. The lowest BCUT2D eigenvalue weighted by molar-refractivity contribution is -0.118. The van der Waals surface area contributed by atoms with Crippen LogP contribution in [0.1, 0.15) is 82.6 Å². The largest absolute Gasteiger partial charge is 0.490 e. The zero-order valence-electron chi connectivity index (χ0n) is 24.4. The van der Waals surface area contributed by atoms with Crippen molar-refractivity contribution in [3.8, 4) is 16.9 Å². The predicted molar refractivity (Wildman–Crippen MR) is 160 cm³/mol. The van der Waals surface area contributed by atoms with Crippen LogP contribution in [0.5, 0.6) is 5.75 Å². The minimum atomic E-state index is 0.00232. The third-order valence-corrected chi connectivity index (χ3v) is 7.73. The van der Waals surface area contributed by atoms with Gasteiger partial charge in [0.25, 0.3) is 0 Å². The van der Waals surface area contributed by atoms with E-state index in [4.69, 9.17) is 9.47 Å². The summed E-state index contributed by atoms with van der Waals surface area (Å²) in [7, 11) is 0. The molecule has 208 valence electrons. The number of ether oxygens (including phenoxy) is 2. The van der Waals surface area contributed by atoms with Crippen LogP contribution < -0.4 is 10.1 Å². The van der Waals surface area contributed by atoms with Gasteiger partial charge in [-0.05, 0) is 89.5 Å². The van der Waals surface area contributed by atoms with Crippen molar-refractivity contribution in [2.24, 2.45) is 0 Å². The highest BCUT2D eigenvalue weighted by atomic mass is 16.5. The Labute approximate surface area is 235 Å². The number of rotatable bonds is 10. The molecule has 0 bridgehead atoms. The molecule has 3 aromatic carbocycles. The first-order valence-corrected chi connectivity index (χ1v) is 14.6.